The summed E-state index contributed by atoms with van der Waals surface area (Å²) < 4.78 is 7.37. The van der Waals surface area contributed by atoms with Crippen LogP contribution in [0, 0.1) is 12.8 Å². The molecule has 1 aliphatic carbocycles. The number of halogens is 1. The topological polar surface area (TPSA) is 68.5 Å². The fourth-order valence-corrected chi connectivity index (χ4v) is 4.39. The van der Waals surface area contributed by atoms with Crippen molar-refractivity contribution >= 4 is 23.2 Å². The molecule has 0 saturated heterocycles. The predicted octanol–water partition coefficient (Wildman–Crippen LogP) is 4.89. The molecule has 2 heterocycles. The molecule has 152 valence electrons. The van der Waals surface area contributed by atoms with E-state index in [1.807, 2.05) is 43.5 Å². The third kappa shape index (κ3) is 4.53. The van der Waals surface area contributed by atoms with Gasteiger partial charge in [0.05, 0.1) is 5.69 Å². The van der Waals surface area contributed by atoms with Crippen molar-refractivity contribution in [1.82, 2.24) is 19.7 Å². The van der Waals surface area contributed by atoms with E-state index >= 15 is 0 Å². The van der Waals surface area contributed by atoms with E-state index in [1.54, 1.807) is 6.20 Å². The fraction of sp³-hybridized carbons (Fsp3) is 0.409. The second-order valence-corrected chi connectivity index (χ2v) is 8.01. The number of ether oxygens (including phenoxy) is 1. The highest BCUT2D eigenvalue weighted by Gasteiger charge is 2.26. The Labute approximate surface area is 175 Å². The second-order valence-electron chi connectivity index (χ2n) is 7.65. The van der Waals surface area contributed by atoms with Gasteiger partial charge in [-0.25, -0.2) is 14.8 Å². The largest absolute Gasteiger partial charge is 0.445 e. The van der Waals surface area contributed by atoms with E-state index in [2.05, 4.69) is 14.7 Å². The number of nitrogens with one attached hydrogen (secondary N) is 1. The molecule has 7 heteroatoms. The zero-order valence-electron chi connectivity index (χ0n) is 16.5. The molecular formula is C22H25ClN4O2. The summed E-state index contributed by atoms with van der Waals surface area (Å²) in [5.74, 6) is 1.93. The van der Waals surface area contributed by atoms with Gasteiger partial charge in [-0.15, -0.1) is 0 Å². The van der Waals surface area contributed by atoms with Crippen molar-refractivity contribution in [2.24, 2.45) is 5.92 Å². The molecule has 4 rings (SSSR count). The van der Waals surface area contributed by atoms with Gasteiger partial charge in [-0.1, -0.05) is 41.9 Å². The van der Waals surface area contributed by atoms with Gasteiger partial charge in [0.15, 0.2) is 5.15 Å². The lowest BCUT2D eigenvalue weighted by molar-refractivity contribution is 0.136. The second kappa shape index (κ2) is 8.82. The Morgan fingerprint density at radius 2 is 2.00 bits per heavy atom. The van der Waals surface area contributed by atoms with Crippen LogP contribution in [0.15, 0.2) is 42.7 Å². The molecule has 3 aromatic rings. The van der Waals surface area contributed by atoms with Crippen LogP contribution in [-0.4, -0.2) is 27.0 Å². The number of rotatable bonds is 5. The smallest absolute Gasteiger partial charge is 0.407 e. The van der Waals surface area contributed by atoms with Crippen LogP contribution in [-0.2, 0) is 11.3 Å². The molecule has 1 amide bonds. The molecule has 1 aromatic carbocycles. The summed E-state index contributed by atoms with van der Waals surface area (Å²) in [6.07, 6.45) is 7.50. The summed E-state index contributed by atoms with van der Waals surface area (Å²) >= 11 is 6.25. The Hall–Kier alpha value is -2.60. The number of hydrogen-bond acceptors (Lipinski definition) is 4. The Kier molecular flexibility index (Phi) is 6.00. The highest BCUT2D eigenvalue weighted by atomic mass is 35.5. The molecule has 0 atom stereocenters. The number of nitrogens with zero attached hydrogens (tertiary/aromatic N) is 3. The molecule has 0 spiro atoms. The van der Waals surface area contributed by atoms with Gasteiger partial charge in [0.1, 0.15) is 17.9 Å². The SMILES string of the molecule is Cc1nc(C2CCC(CNC(=O)OCc3ccccc3)CC2)n2ccnc(Cl)c12. The van der Waals surface area contributed by atoms with Crippen molar-refractivity contribution in [3.8, 4) is 0 Å². The van der Waals surface area contributed by atoms with Crippen LogP contribution in [0.3, 0.4) is 0 Å². The summed E-state index contributed by atoms with van der Waals surface area (Å²) in [5, 5.41) is 3.41. The van der Waals surface area contributed by atoms with E-state index in [4.69, 9.17) is 21.3 Å². The summed E-state index contributed by atoms with van der Waals surface area (Å²) in [7, 11) is 0. The van der Waals surface area contributed by atoms with Crippen LogP contribution >= 0.6 is 11.6 Å². The molecule has 0 bridgehead atoms. The zero-order chi connectivity index (χ0) is 20.2. The van der Waals surface area contributed by atoms with Gasteiger partial charge >= 0.3 is 6.09 Å². The van der Waals surface area contributed by atoms with E-state index in [1.165, 1.54) is 0 Å². The highest BCUT2D eigenvalue weighted by molar-refractivity contribution is 6.32. The highest BCUT2D eigenvalue weighted by Crippen LogP contribution is 2.36. The van der Waals surface area contributed by atoms with Gasteiger partial charge in [-0.05, 0) is 44.1 Å². The van der Waals surface area contributed by atoms with Crippen molar-refractivity contribution in [2.45, 2.75) is 45.1 Å². The first-order valence-corrected chi connectivity index (χ1v) is 10.4. The minimum absolute atomic E-state index is 0.295. The number of aromatic nitrogens is 3. The van der Waals surface area contributed by atoms with Crippen LogP contribution in [0.2, 0.25) is 5.15 Å². The fourth-order valence-electron chi connectivity index (χ4n) is 4.11. The lowest BCUT2D eigenvalue weighted by Gasteiger charge is -2.27. The molecule has 0 radical (unpaired) electrons. The Morgan fingerprint density at radius 3 is 2.76 bits per heavy atom. The number of amides is 1. The maximum atomic E-state index is 12.0. The Bertz CT molecular complexity index is 981. The molecule has 29 heavy (non-hydrogen) atoms. The van der Waals surface area contributed by atoms with Crippen LogP contribution in [0.25, 0.3) is 5.52 Å². The number of imidazole rings is 1. The summed E-state index contributed by atoms with van der Waals surface area (Å²) in [6, 6.07) is 9.70. The number of aryl methyl sites for hydroxylation is 1. The number of carbonyl (C=O) groups excluding carboxylic acids is 1. The van der Waals surface area contributed by atoms with Crippen molar-refractivity contribution in [2.75, 3.05) is 6.54 Å². The first kappa shape index (κ1) is 19.7. The Balaban J connectivity index is 1.27. The summed E-state index contributed by atoms with van der Waals surface area (Å²) in [5.41, 5.74) is 2.80. The summed E-state index contributed by atoms with van der Waals surface area (Å²) in [6.45, 7) is 2.92. The molecule has 1 saturated carbocycles. The van der Waals surface area contributed by atoms with Gasteiger partial charge in [0.25, 0.3) is 0 Å². The van der Waals surface area contributed by atoms with E-state index in [-0.39, 0.29) is 6.09 Å². The molecule has 1 fully saturated rings. The quantitative estimate of drug-likeness (QED) is 0.647. The van der Waals surface area contributed by atoms with Crippen molar-refractivity contribution in [1.29, 1.82) is 0 Å². The molecule has 1 aliphatic rings. The first-order chi connectivity index (χ1) is 14.1. The van der Waals surface area contributed by atoms with Gasteiger partial charge in [-0.2, -0.15) is 0 Å². The Morgan fingerprint density at radius 1 is 1.24 bits per heavy atom. The van der Waals surface area contributed by atoms with E-state index in [0.29, 0.717) is 30.1 Å². The van der Waals surface area contributed by atoms with Crippen molar-refractivity contribution in [3.63, 3.8) is 0 Å². The standard InChI is InChI=1S/C22H25ClN4O2/c1-15-19-20(23)24-11-12-27(19)21(26-15)18-9-7-16(8-10-18)13-25-22(28)29-14-17-5-3-2-4-6-17/h2-6,11-12,16,18H,7-10,13-14H2,1H3,(H,25,28). The number of alkyl carbamates (subject to hydrolysis) is 1. The average molecular weight is 413 g/mol. The van der Waals surface area contributed by atoms with Crippen LogP contribution < -0.4 is 5.32 Å². The van der Waals surface area contributed by atoms with Crippen LogP contribution in [0.4, 0.5) is 4.79 Å². The molecule has 6 nitrogen and oxygen atoms in total. The summed E-state index contributed by atoms with van der Waals surface area (Å²) in [4.78, 5) is 20.9. The molecule has 0 aliphatic heterocycles. The van der Waals surface area contributed by atoms with Crippen LogP contribution in [0.1, 0.15) is 48.7 Å². The van der Waals surface area contributed by atoms with E-state index in [9.17, 15) is 4.79 Å². The lowest BCUT2D eigenvalue weighted by Crippen LogP contribution is -2.31. The molecular weight excluding hydrogens is 388 g/mol. The van der Waals surface area contributed by atoms with Gasteiger partial charge in [0, 0.05) is 24.9 Å². The minimum atomic E-state index is -0.354. The first-order valence-electron chi connectivity index (χ1n) is 10.1. The minimum Gasteiger partial charge on any atom is -0.445 e. The molecule has 0 unspecified atom stereocenters. The lowest BCUT2D eigenvalue weighted by atomic mass is 9.81. The maximum Gasteiger partial charge on any atom is 0.407 e. The average Bonchev–Trinajstić information content (AvgIpc) is 3.09. The molecule has 1 N–H and O–H groups in total. The monoisotopic (exact) mass is 412 g/mol. The third-order valence-electron chi connectivity index (χ3n) is 5.67. The van der Waals surface area contributed by atoms with Crippen LogP contribution in [0.5, 0.6) is 0 Å². The number of fused-ring (bicyclic) bond motifs is 1. The van der Waals surface area contributed by atoms with E-state index < -0.39 is 0 Å². The van der Waals surface area contributed by atoms with Crippen molar-refractivity contribution < 1.29 is 9.53 Å². The normalized spacial score (nSPS) is 19.2. The zero-order valence-corrected chi connectivity index (χ0v) is 17.2. The van der Waals surface area contributed by atoms with Gasteiger partial charge in [-0.3, -0.25) is 4.40 Å². The van der Waals surface area contributed by atoms with Gasteiger partial charge in [0.2, 0.25) is 0 Å². The predicted molar refractivity (Wildman–Crippen MR) is 112 cm³/mol. The number of carbonyl (C=O) groups is 1. The van der Waals surface area contributed by atoms with Crippen molar-refractivity contribution in [3.05, 3.63) is 65.0 Å². The number of hydrogen-bond donors (Lipinski definition) is 1. The van der Waals surface area contributed by atoms with E-state index in [0.717, 1.165) is 48.3 Å². The maximum absolute atomic E-state index is 12.0. The third-order valence-corrected chi connectivity index (χ3v) is 5.95. The van der Waals surface area contributed by atoms with Gasteiger partial charge < -0.3 is 10.1 Å². The number of benzene rings is 1. The molecule has 2 aromatic heterocycles.